The molecule has 0 aliphatic heterocycles. The number of methoxy groups -OCH3 is 1. The highest BCUT2D eigenvalue weighted by Gasteiger charge is 2.15. The Morgan fingerprint density at radius 2 is 2.08 bits per heavy atom. The molecule has 0 fully saturated rings. The number of allylic oxidation sites excluding steroid dienone is 1. The predicted octanol–water partition coefficient (Wildman–Crippen LogP) is 5.68. The van der Waals surface area contributed by atoms with Crippen LogP contribution in [0.4, 0.5) is 0 Å². The maximum atomic E-state index is 11.7. The normalized spacial score (nSPS) is 12.6. The molecule has 0 bridgehead atoms. The van der Waals surface area contributed by atoms with Crippen LogP contribution in [0.25, 0.3) is 11.0 Å². The van der Waals surface area contributed by atoms with Crippen LogP contribution < -0.4 is 10.4 Å². The zero-order valence-corrected chi connectivity index (χ0v) is 16.9. The van der Waals surface area contributed by atoms with Gasteiger partial charge in [-0.3, -0.25) is 0 Å². The molecule has 1 aromatic heterocycles. The Labute approximate surface area is 159 Å². The molecule has 2 aromatic rings. The number of benzene rings is 1. The molecule has 1 aromatic carbocycles. The number of fused-ring (bicyclic) bond motifs is 1. The van der Waals surface area contributed by atoms with Crippen molar-refractivity contribution in [3.8, 4) is 5.75 Å². The number of rotatable bonds is 8. The van der Waals surface area contributed by atoms with E-state index in [2.05, 4.69) is 26.8 Å². The zero-order valence-electron chi connectivity index (χ0n) is 16.1. The summed E-state index contributed by atoms with van der Waals surface area (Å²) < 4.78 is 16.4. The third-order valence-corrected chi connectivity index (χ3v) is 5.09. The fourth-order valence-corrected chi connectivity index (χ4v) is 2.82. The Morgan fingerprint density at radius 1 is 1.35 bits per heavy atom. The molecule has 0 N–H and O–H groups in total. The average Bonchev–Trinajstić information content (AvgIpc) is 2.59. The fourth-order valence-electron chi connectivity index (χ4n) is 2.68. The number of ether oxygens (including phenoxy) is 2. The molecule has 0 radical (unpaired) electrons. The van der Waals surface area contributed by atoms with Crippen LogP contribution in [0.15, 0.2) is 39.1 Å². The lowest BCUT2D eigenvalue weighted by Gasteiger charge is -2.22. The molecular formula is C21H27ClO4. The summed E-state index contributed by atoms with van der Waals surface area (Å²) in [7, 11) is 1.75. The standard InChI is InChI=1S/C21H27ClO4/c1-14(7-6-11-21(3,4)24-5)10-12-25-16-8-9-17-15(2)19(22)20(23)26-18(17)13-16/h8-10,13H,6-7,11-12H2,1-5H3/b14-10+. The number of halogens is 1. The summed E-state index contributed by atoms with van der Waals surface area (Å²) in [6.07, 6.45) is 5.18. The third kappa shape index (κ3) is 5.36. The van der Waals surface area contributed by atoms with Crippen molar-refractivity contribution in [2.45, 2.75) is 52.6 Å². The largest absolute Gasteiger partial charge is 0.489 e. The van der Waals surface area contributed by atoms with E-state index in [4.69, 9.17) is 25.5 Å². The lowest BCUT2D eigenvalue weighted by molar-refractivity contribution is 0.0140. The molecule has 0 spiro atoms. The molecule has 0 aliphatic rings. The highest BCUT2D eigenvalue weighted by Crippen LogP contribution is 2.26. The van der Waals surface area contributed by atoms with E-state index in [9.17, 15) is 4.79 Å². The van der Waals surface area contributed by atoms with E-state index >= 15 is 0 Å². The summed E-state index contributed by atoms with van der Waals surface area (Å²) in [5.74, 6) is 0.659. The number of hydrogen-bond acceptors (Lipinski definition) is 4. The van der Waals surface area contributed by atoms with Crippen molar-refractivity contribution in [3.05, 3.63) is 50.9 Å². The van der Waals surface area contributed by atoms with Gasteiger partial charge in [-0.25, -0.2) is 4.79 Å². The number of aryl methyl sites for hydroxylation is 1. The second-order valence-electron chi connectivity index (χ2n) is 7.17. The molecule has 0 atom stereocenters. The molecule has 5 heteroatoms. The summed E-state index contributed by atoms with van der Waals surface area (Å²) in [4.78, 5) is 11.7. The van der Waals surface area contributed by atoms with Crippen LogP contribution in [-0.4, -0.2) is 19.3 Å². The van der Waals surface area contributed by atoms with Crippen LogP contribution in [0.1, 0.15) is 45.6 Å². The molecule has 142 valence electrons. The van der Waals surface area contributed by atoms with Gasteiger partial charge in [0.05, 0.1) is 5.60 Å². The van der Waals surface area contributed by atoms with Crippen LogP contribution in [0, 0.1) is 6.92 Å². The van der Waals surface area contributed by atoms with Crippen LogP contribution in [-0.2, 0) is 4.74 Å². The summed E-state index contributed by atoms with van der Waals surface area (Å²) in [6, 6.07) is 5.44. The van der Waals surface area contributed by atoms with Gasteiger partial charge in [-0.05, 0) is 70.7 Å². The van der Waals surface area contributed by atoms with Crippen LogP contribution in [0.5, 0.6) is 5.75 Å². The Kier molecular flexibility index (Phi) is 6.90. The van der Waals surface area contributed by atoms with Crippen molar-refractivity contribution in [3.63, 3.8) is 0 Å². The Hall–Kier alpha value is -1.78. The summed E-state index contributed by atoms with van der Waals surface area (Å²) in [6.45, 7) is 8.58. The van der Waals surface area contributed by atoms with Gasteiger partial charge < -0.3 is 13.9 Å². The first-order valence-corrected chi connectivity index (χ1v) is 9.18. The third-order valence-electron chi connectivity index (χ3n) is 4.65. The average molecular weight is 379 g/mol. The lowest BCUT2D eigenvalue weighted by atomic mass is 9.99. The van der Waals surface area contributed by atoms with Crippen molar-refractivity contribution < 1.29 is 13.9 Å². The zero-order chi connectivity index (χ0) is 19.3. The van der Waals surface area contributed by atoms with Crippen molar-refractivity contribution in [1.29, 1.82) is 0 Å². The SMILES string of the molecule is COC(C)(C)CCC/C(C)=C/COc1ccc2c(C)c(Cl)c(=O)oc2c1. The predicted molar refractivity (Wildman–Crippen MR) is 106 cm³/mol. The minimum Gasteiger partial charge on any atom is -0.489 e. The molecule has 0 saturated carbocycles. The van der Waals surface area contributed by atoms with Gasteiger partial charge in [-0.2, -0.15) is 0 Å². The van der Waals surface area contributed by atoms with E-state index in [-0.39, 0.29) is 10.6 Å². The first kappa shape index (κ1) is 20.5. The highest BCUT2D eigenvalue weighted by atomic mass is 35.5. The quantitative estimate of drug-likeness (QED) is 0.438. The molecule has 0 unspecified atom stereocenters. The topological polar surface area (TPSA) is 48.7 Å². The summed E-state index contributed by atoms with van der Waals surface area (Å²) >= 11 is 5.94. The van der Waals surface area contributed by atoms with E-state index in [1.54, 1.807) is 20.1 Å². The van der Waals surface area contributed by atoms with Crippen molar-refractivity contribution >= 4 is 22.6 Å². The van der Waals surface area contributed by atoms with Crippen LogP contribution in [0.3, 0.4) is 0 Å². The first-order valence-electron chi connectivity index (χ1n) is 8.80. The molecule has 1 heterocycles. The van der Waals surface area contributed by atoms with Gasteiger partial charge in [0.2, 0.25) is 0 Å². The summed E-state index contributed by atoms with van der Waals surface area (Å²) in [5.41, 5.74) is 1.89. The first-order chi connectivity index (χ1) is 12.2. The fraction of sp³-hybridized carbons (Fsp3) is 0.476. The van der Waals surface area contributed by atoms with E-state index in [1.807, 2.05) is 12.1 Å². The van der Waals surface area contributed by atoms with Crippen molar-refractivity contribution in [1.82, 2.24) is 0 Å². The molecule has 2 rings (SSSR count). The molecule has 0 aliphatic carbocycles. The van der Waals surface area contributed by atoms with Gasteiger partial charge in [0.1, 0.15) is 23.0 Å². The van der Waals surface area contributed by atoms with Gasteiger partial charge >= 0.3 is 5.63 Å². The Bertz CT molecular complexity index is 849. The van der Waals surface area contributed by atoms with Crippen molar-refractivity contribution in [2.75, 3.05) is 13.7 Å². The van der Waals surface area contributed by atoms with Gasteiger partial charge in [0.15, 0.2) is 0 Å². The molecule has 4 nitrogen and oxygen atoms in total. The van der Waals surface area contributed by atoms with E-state index in [0.717, 1.165) is 30.2 Å². The van der Waals surface area contributed by atoms with Gasteiger partial charge in [-0.15, -0.1) is 0 Å². The minimum absolute atomic E-state index is 0.0766. The smallest absolute Gasteiger partial charge is 0.355 e. The van der Waals surface area contributed by atoms with Crippen molar-refractivity contribution in [2.24, 2.45) is 0 Å². The maximum Gasteiger partial charge on any atom is 0.355 e. The lowest BCUT2D eigenvalue weighted by Crippen LogP contribution is -2.21. The molecule has 0 amide bonds. The van der Waals surface area contributed by atoms with E-state index in [0.29, 0.717) is 17.9 Å². The molecule has 26 heavy (non-hydrogen) atoms. The van der Waals surface area contributed by atoms with E-state index < -0.39 is 5.63 Å². The van der Waals surface area contributed by atoms with E-state index in [1.165, 1.54) is 5.57 Å². The monoisotopic (exact) mass is 378 g/mol. The second kappa shape index (κ2) is 8.74. The second-order valence-corrected chi connectivity index (χ2v) is 7.54. The minimum atomic E-state index is -0.525. The van der Waals surface area contributed by atoms with Gasteiger partial charge in [-0.1, -0.05) is 17.2 Å². The highest BCUT2D eigenvalue weighted by molar-refractivity contribution is 6.31. The maximum absolute atomic E-state index is 11.7. The van der Waals surface area contributed by atoms with Crippen LogP contribution >= 0.6 is 11.6 Å². The van der Waals surface area contributed by atoms with Gasteiger partial charge in [0, 0.05) is 18.6 Å². The summed E-state index contributed by atoms with van der Waals surface area (Å²) in [5, 5.41) is 0.941. The molecule has 0 saturated heterocycles. The number of hydrogen-bond donors (Lipinski definition) is 0. The Morgan fingerprint density at radius 3 is 2.77 bits per heavy atom. The van der Waals surface area contributed by atoms with Gasteiger partial charge in [0.25, 0.3) is 0 Å². The van der Waals surface area contributed by atoms with Crippen LogP contribution in [0.2, 0.25) is 5.02 Å². The Balaban J connectivity index is 1.95. The molecular weight excluding hydrogens is 352 g/mol.